The molecule has 1 aromatic carbocycles. The van der Waals surface area contributed by atoms with Crippen molar-refractivity contribution in [3.63, 3.8) is 0 Å². The van der Waals surface area contributed by atoms with Crippen molar-refractivity contribution < 1.29 is 14.3 Å². The number of fused-ring (bicyclic) bond motifs is 1. The summed E-state index contributed by atoms with van der Waals surface area (Å²) in [5, 5.41) is 0. The average Bonchev–Trinajstić information content (AvgIpc) is 2.61. The molecule has 0 aromatic heterocycles. The van der Waals surface area contributed by atoms with Crippen molar-refractivity contribution in [2.45, 2.75) is 26.3 Å². The number of carbonyl (C=O) groups is 1. The minimum atomic E-state index is -0.0306. The Labute approximate surface area is 126 Å². The van der Waals surface area contributed by atoms with Gasteiger partial charge in [0.2, 0.25) is 5.91 Å². The lowest BCUT2D eigenvalue weighted by atomic mass is 9.95. The Balaban J connectivity index is 2.53. The maximum atomic E-state index is 12.1. The number of hydrogen-bond acceptors (Lipinski definition) is 3. The second kappa shape index (κ2) is 6.20. The molecule has 0 spiro atoms. The number of nitrogens with zero attached hydrogens (tertiary/aromatic N) is 1. The largest absolute Gasteiger partial charge is 0.493 e. The summed E-state index contributed by atoms with van der Waals surface area (Å²) in [6.45, 7) is 8.54. The molecule has 1 heterocycles. The van der Waals surface area contributed by atoms with Crippen molar-refractivity contribution in [1.82, 2.24) is 4.90 Å². The van der Waals surface area contributed by atoms with Crippen LogP contribution >= 0.6 is 0 Å². The molecule has 4 heteroatoms. The van der Waals surface area contributed by atoms with E-state index in [1.807, 2.05) is 24.0 Å². The molecule has 0 saturated carbocycles. The first-order valence-corrected chi connectivity index (χ1v) is 7.19. The zero-order chi connectivity index (χ0) is 15.6. The van der Waals surface area contributed by atoms with Gasteiger partial charge in [-0.15, -0.1) is 0 Å². The topological polar surface area (TPSA) is 38.8 Å². The highest BCUT2D eigenvalue weighted by molar-refractivity contribution is 5.87. The van der Waals surface area contributed by atoms with Gasteiger partial charge in [-0.3, -0.25) is 4.79 Å². The fourth-order valence-corrected chi connectivity index (χ4v) is 3.00. The lowest BCUT2D eigenvalue weighted by Gasteiger charge is -2.28. The molecule has 21 heavy (non-hydrogen) atoms. The fourth-order valence-electron chi connectivity index (χ4n) is 3.00. The molecule has 0 aliphatic carbocycles. The highest BCUT2D eigenvalue weighted by atomic mass is 16.5. The van der Waals surface area contributed by atoms with E-state index in [0.29, 0.717) is 11.7 Å². The van der Waals surface area contributed by atoms with E-state index in [4.69, 9.17) is 9.47 Å². The van der Waals surface area contributed by atoms with Gasteiger partial charge in [-0.05, 0) is 48.6 Å². The number of hydrogen-bond donors (Lipinski definition) is 0. The van der Waals surface area contributed by atoms with Crippen LogP contribution in [0.5, 0.6) is 11.5 Å². The molecule has 0 bridgehead atoms. The van der Waals surface area contributed by atoms with E-state index in [0.717, 1.165) is 24.3 Å². The van der Waals surface area contributed by atoms with Crippen LogP contribution in [0.4, 0.5) is 0 Å². The van der Waals surface area contributed by atoms with Crippen LogP contribution in [0.2, 0.25) is 0 Å². The maximum Gasteiger partial charge on any atom is 0.246 e. The Bertz CT molecular complexity index is 553. The van der Waals surface area contributed by atoms with Crippen LogP contribution in [-0.4, -0.2) is 31.6 Å². The first-order chi connectivity index (χ1) is 10.0. The Morgan fingerprint density at radius 3 is 2.48 bits per heavy atom. The van der Waals surface area contributed by atoms with Gasteiger partial charge >= 0.3 is 0 Å². The molecule has 2 rings (SSSR count). The SMILES string of the molecule is C=CC(=O)N1C[C@@H](C)Cc2cc(OC)c(OC)cc2[C@H]1C. The summed E-state index contributed by atoms with van der Waals surface area (Å²) in [4.78, 5) is 14.0. The van der Waals surface area contributed by atoms with Gasteiger partial charge in [-0.2, -0.15) is 0 Å². The highest BCUT2D eigenvalue weighted by Gasteiger charge is 2.29. The Morgan fingerprint density at radius 2 is 1.90 bits per heavy atom. The van der Waals surface area contributed by atoms with Gasteiger partial charge in [-0.25, -0.2) is 0 Å². The number of methoxy groups -OCH3 is 2. The summed E-state index contributed by atoms with van der Waals surface area (Å²) in [5.74, 6) is 1.79. The van der Waals surface area contributed by atoms with Crippen LogP contribution in [0.3, 0.4) is 0 Å². The molecule has 0 radical (unpaired) electrons. The number of rotatable bonds is 3. The molecular formula is C17H23NO3. The number of amides is 1. The molecule has 0 unspecified atom stereocenters. The third-order valence-electron chi connectivity index (χ3n) is 4.10. The zero-order valence-corrected chi connectivity index (χ0v) is 13.2. The van der Waals surface area contributed by atoms with Crippen molar-refractivity contribution in [3.05, 3.63) is 35.9 Å². The fraction of sp³-hybridized carbons (Fsp3) is 0.471. The molecule has 0 fully saturated rings. The number of carbonyl (C=O) groups excluding carboxylic acids is 1. The molecule has 1 amide bonds. The third kappa shape index (κ3) is 2.89. The predicted molar refractivity (Wildman–Crippen MR) is 82.7 cm³/mol. The van der Waals surface area contributed by atoms with Crippen LogP contribution in [-0.2, 0) is 11.2 Å². The summed E-state index contributed by atoms with van der Waals surface area (Å²) in [7, 11) is 3.27. The Morgan fingerprint density at radius 1 is 1.29 bits per heavy atom. The van der Waals surface area contributed by atoms with Crippen molar-refractivity contribution in [2.24, 2.45) is 5.92 Å². The standard InChI is InChI=1S/C17H23NO3/c1-6-17(19)18-10-11(2)7-13-8-15(20-4)16(21-5)9-14(13)12(18)3/h6,8-9,11-12H,1,7,10H2,2-5H3/t11-,12+/m0/s1. The van der Waals surface area contributed by atoms with E-state index in [1.54, 1.807) is 14.2 Å². The minimum absolute atomic E-state index is 0.00439. The predicted octanol–water partition coefficient (Wildman–Crippen LogP) is 2.97. The summed E-state index contributed by atoms with van der Waals surface area (Å²) in [6, 6.07) is 4.01. The van der Waals surface area contributed by atoms with Crippen LogP contribution < -0.4 is 9.47 Å². The zero-order valence-electron chi connectivity index (χ0n) is 13.2. The summed E-state index contributed by atoms with van der Waals surface area (Å²) in [5.41, 5.74) is 2.33. The van der Waals surface area contributed by atoms with Crippen LogP contribution in [0.1, 0.15) is 31.0 Å². The monoisotopic (exact) mass is 289 g/mol. The number of ether oxygens (including phenoxy) is 2. The van der Waals surface area contributed by atoms with E-state index in [-0.39, 0.29) is 11.9 Å². The van der Waals surface area contributed by atoms with E-state index in [9.17, 15) is 4.79 Å². The Kier molecular flexibility index (Phi) is 4.56. The van der Waals surface area contributed by atoms with Gasteiger partial charge in [-0.1, -0.05) is 13.5 Å². The van der Waals surface area contributed by atoms with Gasteiger partial charge in [0.1, 0.15) is 0 Å². The van der Waals surface area contributed by atoms with Gasteiger partial charge < -0.3 is 14.4 Å². The molecule has 114 valence electrons. The highest BCUT2D eigenvalue weighted by Crippen LogP contribution is 2.38. The summed E-state index contributed by atoms with van der Waals surface area (Å²) in [6.07, 6.45) is 2.30. The van der Waals surface area contributed by atoms with Crippen molar-refractivity contribution in [1.29, 1.82) is 0 Å². The molecule has 0 N–H and O–H groups in total. The molecule has 1 aliphatic heterocycles. The lowest BCUT2D eigenvalue weighted by Crippen LogP contribution is -2.34. The summed E-state index contributed by atoms with van der Waals surface area (Å²) < 4.78 is 10.8. The van der Waals surface area contributed by atoms with Gasteiger partial charge in [0.15, 0.2) is 11.5 Å². The Hall–Kier alpha value is -1.97. The third-order valence-corrected chi connectivity index (χ3v) is 4.10. The van der Waals surface area contributed by atoms with E-state index in [2.05, 4.69) is 13.5 Å². The normalized spacial score (nSPS) is 21.2. The van der Waals surface area contributed by atoms with Crippen molar-refractivity contribution >= 4 is 5.91 Å². The molecule has 0 saturated heterocycles. The quantitative estimate of drug-likeness (QED) is 0.803. The molecule has 1 aromatic rings. The van der Waals surface area contributed by atoms with Gasteiger partial charge in [0.05, 0.1) is 20.3 Å². The first-order valence-electron chi connectivity index (χ1n) is 7.19. The van der Waals surface area contributed by atoms with Crippen LogP contribution in [0, 0.1) is 5.92 Å². The van der Waals surface area contributed by atoms with Crippen molar-refractivity contribution in [2.75, 3.05) is 20.8 Å². The van der Waals surface area contributed by atoms with E-state index in [1.165, 1.54) is 11.6 Å². The lowest BCUT2D eigenvalue weighted by molar-refractivity contribution is -0.128. The number of benzene rings is 1. The van der Waals surface area contributed by atoms with Crippen molar-refractivity contribution in [3.8, 4) is 11.5 Å². The van der Waals surface area contributed by atoms with E-state index >= 15 is 0 Å². The second-order valence-electron chi connectivity index (χ2n) is 5.59. The summed E-state index contributed by atoms with van der Waals surface area (Å²) >= 11 is 0. The van der Waals surface area contributed by atoms with E-state index < -0.39 is 0 Å². The average molecular weight is 289 g/mol. The molecule has 1 aliphatic rings. The molecular weight excluding hydrogens is 266 g/mol. The van der Waals surface area contributed by atoms with Gasteiger partial charge in [0, 0.05) is 6.54 Å². The smallest absolute Gasteiger partial charge is 0.246 e. The van der Waals surface area contributed by atoms with Crippen LogP contribution in [0.25, 0.3) is 0 Å². The second-order valence-corrected chi connectivity index (χ2v) is 5.59. The maximum absolute atomic E-state index is 12.1. The molecule has 2 atom stereocenters. The minimum Gasteiger partial charge on any atom is -0.493 e. The van der Waals surface area contributed by atoms with Crippen LogP contribution in [0.15, 0.2) is 24.8 Å². The van der Waals surface area contributed by atoms with Gasteiger partial charge in [0.25, 0.3) is 0 Å². The first kappa shape index (κ1) is 15.4. The molecule has 4 nitrogen and oxygen atoms in total.